The lowest BCUT2D eigenvalue weighted by Crippen LogP contribution is -2.05. The third kappa shape index (κ3) is 4.98. The second-order valence-electron chi connectivity index (χ2n) is 1.22. The van der Waals surface area contributed by atoms with E-state index in [1.54, 1.807) is 0 Å². The van der Waals surface area contributed by atoms with Gasteiger partial charge in [0, 0.05) is 0 Å². The van der Waals surface area contributed by atoms with Crippen molar-refractivity contribution in [3.8, 4) is 0 Å². The fraction of sp³-hybridized carbons (Fsp3) is 1.00. The summed E-state index contributed by atoms with van der Waals surface area (Å²) in [5.74, 6) is 0. The number of rotatable bonds is 3. The molecule has 0 aromatic carbocycles. The summed E-state index contributed by atoms with van der Waals surface area (Å²) in [7, 11) is 0. The summed E-state index contributed by atoms with van der Waals surface area (Å²) in [5, 5.41) is -0.808. The molecule has 0 N–H and O–H groups in total. The lowest BCUT2D eigenvalue weighted by Gasteiger charge is -2.07. The van der Waals surface area contributed by atoms with Gasteiger partial charge in [0.1, 0.15) is 5.56 Å². The molecule has 0 aliphatic rings. The first-order valence-corrected chi connectivity index (χ1v) is 3.55. The maximum absolute atomic E-state index is 5.47. The molecule has 0 spiro atoms. The van der Waals surface area contributed by atoms with Crippen molar-refractivity contribution in [2.45, 2.75) is 23.9 Å². The molecule has 0 rings (SSSR count). The first-order chi connectivity index (χ1) is 3.66. The van der Waals surface area contributed by atoms with Crippen LogP contribution < -0.4 is 0 Å². The highest BCUT2D eigenvalue weighted by atomic mass is 35.5. The molecule has 0 radical (unpaired) electrons. The Kier molecular flexibility index (Phi) is 5.17. The van der Waals surface area contributed by atoms with Crippen LogP contribution >= 0.6 is 34.8 Å². The molecule has 1 atom stereocenters. The van der Waals surface area contributed by atoms with E-state index in [0.717, 1.165) is 0 Å². The van der Waals surface area contributed by atoms with Gasteiger partial charge in [-0.3, -0.25) is 0 Å². The van der Waals surface area contributed by atoms with Gasteiger partial charge in [0.05, 0.1) is 0 Å². The van der Waals surface area contributed by atoms with Crippen molar-refractivity contribution in [2.75, 3.05) is 0 Å². The molecule has 8 heavy (non-hydrogen) atoms. The molecule has 1 nitrogen and oxygen atoms in total. The minimum Gasteiger partial charge on any atom is -0.330 e. The van der Waals surface area contributed by atoms with Crippen LogP contribution in [0.25, 0.3) is 0 Å². The van der Waals surface area contributed by atoms with Crippen molar-refractivity contribution in [1.29, 1.82) is 0 Å². The van der Waals surface area contributed by atoms with E-state index in [0.29, 0.717) is 6.42 Å². The van der Waals surface area contributed by atoms with Gasteiger partial charge >= 0.3 is 0 Å². The molecule has 50 valence electrons. The third-order valence-electron chi connectivity index (χ3n) is 0.571. The predicted molar refractivity (Wildman–Crippen MR) is 36.5 cm³/mol. The summed E-state index contributed by atoms with van der Waals surface area (Å²) in [6, 6.07) is 0. The largest absolute Gasteiger partial charge is 0.330 e. The summed E-state index contributed by atoms with van der Waals surface area (Å²) >= 11 is 15.9. The van der Waals surface area contributed by atoms with Crippen molar-refractivity contribution in [2.24, 2.45) is 0 Å². The Bertz CT molecular complexity index is 57.2. The Balaban J connectivity index is 3.10. The van der Waals surface area contributed by atoms with Crippen molar-refractivity contribution in [3.05, 3.63) is 0 Å². The minimum atomic E-state index is -0.808. The molecule has 0 bridgehead atoms. The Morgan fingerprint density at radius 2 is 1.88 bits per heavy atom. The molecule has 0 aliphatic heterocycles. The summed E-state index contributed by atoms with van der Waals surface area (Å²) < 4.78 is 4.70. The molecule has 1 unspecified atom stereocenters. The van der Waals surface area contributed by atoms with E-state index in [4.69, 9.17) is 39.5 Å². The van der Waals surface area contributed by atoms with Crippen LogP contribution in [0.15, 0.2) is 0 Å². The monoisotopic (exact) mass is 176 g/mol. The van der Waals surface area contributed by atoms with E-state index in [-0.39, 0.29) is 5.56 Å². The normalized spacial score (nSPS) is 14.6. The zero-order valence-corrected chi connectivity index (χ0v) is 6.67. The van der Waals surface area contributed by atoms with Crippen molar-refractivity contribution in [3.63, 3.8) is 0 Å². The van der Waals surface area contributed by atoms with Gasteiger partial charge in [-0.25, -0.2) is 0 Å². The molecule has 0 heterocycles. The summed E-state index contributed by atoms with van der Waals surface area (Å²) in [4.78, 5) is 0. The molecule has 4 heteroatoms. The number of alkyl halides is 3. The lowest BCUT2D eigenvalue weighted by atomic mass is 10.5. The van der Waals surface area contributed by atoms with Crippen LogP contribution in [-0.4, -0.2) is 10.6 Å². The molecular weight excluding hydrogens is 170 g/mol. The van der Waals surface area contributed by atoms with E-state index in [2.05, 4.69) is 0 Å². The Hall–Kier alpha value is 0.830. The highest BCUT2D eigenvalue weighted by Gasteiger charge is 2.04. The molecule has 0 aliphatic carbocycles. The summed E-state index contributed by atoms with van der Waals surface area (Å²) in [6.07, 6.45) is 0.706. The zero-order chi connectivity index (χ0) is 6.57. The van der Waals surface area contributed by atoms with E-state index < -0.39 is 5.02 Å². The van der Waals surface area contributed by atoms with Crippen LogP contribution in [0.3, 0.4) is 0 Å². The second kappa shape index (κ2) is 4.68. The van der Waals surface area contributed by atoms with Crippen LogP contribution in [0.1, 0.15) is 13.3 Å². The third-order valence-corrected chi connectivity index (χ3v) is 1.19. The fourth-order valence-electron chi connectivity index (χ4n) is 0.208. The Morgan fingerprint density at radius 1 is 1.38 bits per heavy atom. The van der Waals surface area contributed by atoms with Crippen molar-refractivity contribution in [1.82, 2.24) is 0 Å². The van der Waals surface area contributed by atoms with E-state index in [1.165, 1.54) is 0 Å². The smallest absolute Gasteiger partial charge is 0.208 e. The topological polar surface area (TPSA) is 9.23 Å². The van der Waals surface area contributed by atoms with Gasteiger partial charge in [-0.15, -0.1) is 0 Å². The van der Waals surface area contributed by atoms with Gasteiger partial charge in [0.2, 0.25) is 5.02 Å². The zero-order valence-electron chi connectivity index (χ0n) is 4.40. The van der Waals surface area contributed by atoms with Gasteiger partial charge in [0.25, 0.3) is 0 Å². The molecule has 0 aromatic heterocycles. The summed E-state index contributed by atoms with van der Waals surface area (Å²) in [5.41, 5.74) is -0.366. The average molecular weight is 177 g/mol. The maximum atomic E-state index is 5.47. The van der Waals surface area contributed by atoms with Crippen LogP contribution in [0.5, 0.6) is 0 Å². The predicted octanol–water partition coefficient (Wildman–Crippen LogP) is 2.74. The van der Waals surface area contributed by atoms with E-state index >= 15 is 0 Å². The molecule has 0 fully saturated rings. The Morgan fingerprint density at radius 3 is 2.00 bits per heavy atom. The highest BCUT2D eigenvalue weighted by molar-refractivity contribution is 6.43. The van der Waals surface area contributed by atoms with Crippen LogP contribution in [0.4, 0.5) is 0 Å². The maximum Gasteiger partial charge on any atom is 0.208 e. The SMILES string of the molecule is CCC(Cl)OC(Cl)Cl. The van der Waals surface area contributed by atoms with Crippen LogP contribution in [0.2, 0.25) is 0 Å². The minimum absolute atomic E-state index is 0.366. The average Bonchev–Trinajstić information content (AvgIpc) is 1.65. The fourth-order valence-corrected chi connectivity index (χ4v) is 0.664. The van der Waals surface area contributed by atoms with Crippen molar-refractivity contribution >= 4 is 34.8 Å². The van der Waals surface area contributed by atoms with Gasteiger partial charge in [-0.05, 0) is 6.42 Å². The summed E-state index contributed by atoms with van der Waals surface area (Å²) in [6.45, 7) is 1.88. The highest BCUT2D eigenvalue weighted by Crippen LogP contribution is 2.12. The van der Waals surface area contributed by atoms with Crippen LogP contribution in [0, 0.1) is 0 Å². The lowest BCUT2D eigenvalue weighted by molar-refractivity contribution is 0.123. The van der Waals surface area contributed by atoms with E-state index in [9.17, 15) is 0 Å². The standard InChI is InChI=1S/C4H7Cl3O/c1-2-3(5)8-4(6)7/h3-4H,2H2,1H3. The first-order valence-electron chi connectivity index (χ1n) is 2.24. The van der Waals surface area contributed by atoms with E-state index in [1.807, 2.05) is 6.92 Å². The van der Waals surface area contributed by atoms with Crippen LogP contribution in [-0.2, 0) is 4.74 Å². The quantitative estimate of drug-likeness (QED) is 0.603. The van der Waals surface area contributed by atoms with Gasteiger partial charge in [-0.1, -0.05) is 41.7 Å². The molecule has 0 saturated carbocycles. The van der Waals surface area contributed by atoms with Gasteiger partial charge in [-0.2, -0.15) is 0 Å². The molecular formula is C4H7Cl3O. The van der Waals surface area contributed by atoms with Gasteiger partial charge in [0.15, 0.2) is 0 Å². The number of hydrogen-bond acceptors (Lipinski definition) is 1. The second-order valence-corrected chi connectivity index (χ2v) is 2.72. The number of halogens is 3. The Labute approximate surface area is 63.9 Å². The van der Waals surface area contributed by atoms with Gasteiger partial charge < -0.3 is 4.74 Å². The first kappa shape index (κ1) is 8.83. The molecule has 0 saturated heterocycles. The number of ether oxygens (including phenoxy) is 1. The van der Waals surface area contributed by atoms with Crippen molar-refractivity contribution < 1.29 is 4.74 Å². The number of hydrogen-bond donors (Lipinski definition) is 0. The molecule has 0 aromatic rings. The molecule has 0 amide bonds.